The van der Waals surface area contributed by atoms with Crippen LogP contribution in [0.3, 0.4) is 0 Å². The molecule has 0 bridgehead atoms. The number of hydrogen-bond donors (Lipinski definition) is 1. The van der Waals surface area contributed by atoms with E-state index in [1.54, 1.807) is 12.1 Å². The third-order valence-corrected chi connectivity index (χ3v) is 5.68. The second kappa shape index (κ2) is 9.90. The number of fused-ring (bicyclic) bond motifs is 1. The summed E-state index contributed by atoms with van der Waals surface area (Å²) in [6.45, 7) is 9.24. The Morgan fingerprint density at radius 2 is 1.73 bits per heavy atom. The first-order chi connectivity index (χ1) is 15.9. The molecule has 1 aromatic heterocycles. The first kappa shape index (κ1) is 22.6. The molecule has 0 aliphatic rings. The van der Waals surface area contributed by atoms with Crippen LogP contribution in [0.4, 0.5) is 5.69 Å². The zero-order chi connectivity index (χ0) is 23.4. The molecule has 0 fully saturated rings. The zero-order valence-corrected chi connectivity index (χ0v) is 19.6. The van der Waals surface area contributed by atoms with Crippen LogP contribution in [0.25, 0.3) is 22.6 Å². The van der Waals surface area contributed by atoms with Gasteiger partial charge in [-0.3, -0.25) is 4.79 Å². The molecular weight excluding hydrogens is 412 g/mol. The van der Waals surface area contributed by atoms with Crippen LogP contribution < -0.4 is 10.1 Å². The fourth-order valence-electron chi connectivity index (χ4n) is 3.47. The molecule has 5 heteroatoms. The Labute approximate surface area is 194 Å². The molecule has 3 aromatic carbocycles. The largest absolute Gasteiger partial charge is 0.493 e. The van der Waals surface area contributed by atoms with Crippen molar-refractivity contribution in [2.45, 2.75) is 40.0 Å². The van der Waals surface area contributed by atoms with E-state index in [-0.39, 0.29) is 5.91 Å². The number of nitrogens with zero attached hydrogens (tertiary/aromatic N) is 1. The molecule has 0 spiro atoms. The summed E-state index contributed by atoms with van der Waals surface area (Å²) in [5.41, 5.74) is 5.05. The molecule has 0 saturated carbocycles. The van der Waals surface area contributed by atoms with Crippen molar-refractivity contribution in [3.63, 3.8) is 0 Å². The van der Waals surface area contributed by atoms with Crippen LogP contribution >= 0.6 is 0 Å². The number of nitrogens with one attached hydrogen (secondary N) is 1. The molecular formula is C28H30N2O3. The van der Waals surface area contributed by atoms with Gasteiger partial charge in [0.15, 0.2) is 5.58 Å². The number of benzene rings is 3. The molecule has 0 aliphatic heterocycles. The minimum atomic E-state index is -0.169. The van der Waals surface area contributed by atoms with E-state index in [0.29, 0.717) is 35.6 Å². The minimum absolute atomic E-state index is 0.169. The molecule has 0 saturated heterocycles. The van der Waals surface area contributed by atoms with Crippen molar-refractivity contribution in [1.82, 2.24) is 4.98 Å². The molecule has 0 radical (unpaired) electrons. The summed E-state index contributed by atoms with van der Waals surface area (Å²) in [5.74, 6) is 2.10. The molecule has 0 aliphatic carbocycles. The summed E-state index contributed by atoms with van der Waals surface area (Å²) in [6, 6.07) is 20.9. The molecule has 1 N–H and O–H groups in total. The quantitative estimate of drug-likeness (QED) is 0.311. The van der Waals surface area contributed by atoms with Crippen molar-refractivity contribution in [1.29, 1.82) is 0 Å². The van der Waals surface area contributed by atoms with Crippen LogP contribution in [0.2, 0.25) is 0 Å². The van der Waals surface area contributed by atoms with Gasteiger partial charge in [-0.15, -0.1) is 0 Å². The second-order valence-corrected chi connectivity index (χ2v) is 8.82. The Balaban J connectivity index is 1.43. The topological polar surface area (TPSA) is 64.4 Å². The lowest BCUT2D eigenvalue weighted by Crippen LogP contribution is -2.11. The fraction of sp³-hybridized carbons (Fsp3) is 0.286. The highest BCUT2D eigenvalue weighted by atomic mass is 16.5. The van der Waals surface area contributed by atoms with E-state index in [2.05, 4.69) is 50.1 Å². The van der Waals surface area contributed by atoms with Gasteiger partial charge in [0.05, 0.1) is 6.61 Å². The molecule has 1 amide bonds. The van der Waals surface area contributed by atoms with Gasteiger partial charge in [0.1, 0.15) is 11.3 Å². The molecule has 4 rings (SSSR count). The Kier molecular flexibility index (Phi) is 6.78. The van der Waals surface area contributed by atoms with Gasteiger partial charge in [0.25, 0.3) is 5.91 Å². The number of ether oxygens (including phenoxy) is 1. The number of hydrogen-bond acceptors (Lipinski definition) is 4. The first-order valence-electron chi connectivity index (χ1n) is 11.5. The molecule has 0 unspecified atom stereocenters. The average molecular weight is 443 g/mol. The summed E-state index contributed by atoms with van der Waals surface area (Å²) in [4.78, 5) is 17.3. The maximum atomic E-state index is 12.6. The standard InChI is InChI=1S/C28H30N2O3/c1-5-19(4)22-10-15-26-25(16-22)30-28(33-26)21-6-11-23(12-7-21)29-27(31)20-8-13-24(14-9-20)32-17-18(2)3/h6-16,18-19H,5,17H2,1-4H3,(H,29,31)/t19-/m1/s1. The molecule has 5 nitrogen and oxygen atoms in total. The van der Waals surface area contributed by atoms with E-state index in [1.165, 1.54) is 5.56 Å². The van der Waals surface area contributed by atoms with Crippen molar-refractivity contribution in [3.8, 4) is 17.2 Å². The summed E-state index contributed by atoms with van der Waals surface area (Å²) in [7, 11) is 0. The number of oxazole rings is 1. The Morgan fingerprint density at radius 1 is 1.00 bits per heavy atom. The van der Waals surface area contributed by atoms with E-state index in [0.717, 1.165) is 28.8 Å². The van der Waals surface area contributed by atoms with Gasteiger partial charge >= 0.3 is 0 Å². The lowest BCUT2D eigenvalue weighted by Gasteiger charge is -2.09. The van der Waals surface area contributed by atoms with Crippen LogP contribution in [0.15, 0.2) is 71.1 Å². The maximum absolute atomic E-state index is 12.6. The zero-order valence-electron chi connectivity index (χ0n) is 19.6. The summed E-state index contributed by atoms with van der Waals surface area (Å²) in [5, 5.41) is 2.93. The monoisotopic (exact) mass is 442 g/mol. The smallest absolute Gasteiger partial charge is 0.255 e. The molecule has 33 heavy (non-hydrogen) atoms. The van der Waals surface area contributed by atoms with Gasteiger partial charge in [-0.25, -0.2) is 4.98 Å². The van der Waals surface area contributed by atoms with Gasteiger partial charge in [-0.2, -0.15) is 0 Å². The normalized spacial score (nSPS) is 12.2. The Hall–Kier alpha value is -3.60. The fourth-order valence-corrected chi connectivity index (χ4v) is 3.47. The maximum Gasteiger partial charge on any atom is 0.255 e. The van der Waals surface area contributed by atoms with Crippen molar-refractivity contribution in [3.05, 3.63) is 77.9 Å². The number of rotatable bonds is 8. The number of carbonyl (C=O) groups excluding carboxylic acids is 1. The SMILES string of the molecule is CC[C@@H](C)c1ccc2oc(-c3ccc(NC(=O)c4ccc(OCC(C)C)cc4)cc3)nc2c1. The Morgan fingerprint density at radius 3 is 2.39 bits per heavy atom. The van der Waals surface area contributed by atoms with Crippen LogP contribution in [-0.2, 0) is 0 Å². The highest BCUT2D eigenvalue weighted by Crippen LogP contribution is 2.28. The third-order valence-electron chi connectivity index (χ3n) is 5.68. The molecule has 170 valence electrons. The van der Waals surface area contributed by atoms with E-state index in [4.69, 9.17) is 9.15 Å². The summed E-state index contributed by atoms with van der Waals surface area (Å²) in [6.07, 6.45) is 1.08. The molecule has 4 aromatic rings. The lowest BCUT2D eigenvalue weighted by atomic mass is 9.98. The highest BCUT2D eigenvalue weighted by molar-refractivity contribution is 6.04. The number of aromatic nitrogens is 1. The number of anilines is 1. The second-order valence-electron chi connectivity index (χ2n) is 8.82. The summed E-state index contributed by atoms with van der Waals surface area (Å²) < 4.78 is 11.6. The predicted octanol–water partition coefficient (Wildman–Crippen LogP) is 7.30. The van der Waals surface area contributed by atoms with E-state index in [9.17, 15) is 4.79 Å². The van der Waals surface area contributed by atoms with Gasteiger partial charge in [0.2, 0.25) is 5.89 Å². The van der Waals surface area contributed by atoms with Crippen LogP contribution in [0.5, 0.6) is 5.75 Å². The summed E-state index contributed by atoms with van der Waals surface area (Å²) >= 11 is 0. The lowest BCUT2D eigenvalue weighted by molar-refractivity contribution is 0.102. The van der Waals surface area contributed by atoms with Crippen molar-refractivity contribution < 1.29 is 13.9 Å². The van der Waals surface area contributed by atoms with Gasteiger partial charge in [-0.1, -0.05) is 33.8 Å². The van der Waals surface area contributed by atoms with Crippen molar-refractivity contribution >= 4 is 22.7 Å². The number of amides is 1. The number of carbonyl (C=O) groups is 1. The van der Waals surface area contributed by atoms with Gasteiger partial charge < -0.3 is 14.5 Å². The van der Waals surface area contributed by atoms with E-state index >= 15 is 0 Å². The van der Waals surface area contributed by atoms with Crippen LogP contribution in [0, 0.1) is 5.92 Å². The average Bonchev–Trinajstić information content (AvgIpc) is 3.26. The molecule has 1 heterocycles. The van der Waals surface area contributed by atoms with Gasteiger partial charge in [-0.05, 0) is 84.5 Å². The molecule has 1 atom stereocenters. The van der Waals surface area contributed by atoms with Crippen LogP contribution in [0.1, 0.15) is 56.0 Å². The predicted molar refractivity (Wildman–Crippen MR) is 133 cm³/mol. The van der Waals surface area contributed by atoms with Gasteiger partial charge in [0, 0.05) is 16.8 Å². The van der Waals surface area contributed by atoms with Crippen molar-refractivity contribution in [2.75, 3.05) is 11.9 Å². The van der Waals surface area contributed by atoms with Crippen LogP contribution in [-0.4, -0.2) is 17.5 Å². The van der Waals surface area contributed by atoms with Crippen molar-refractivity contribution in [2.24, 2.45) is 5.92 Å². The minimum Gasteiger partial charge on any atom is -0.493 e. The third kappa shape index (κ3) is 5.43. The van der Waals surface area contributed by atoms with E-state index in [1.807, 2.05) is 42.5 Å². The Bertz CT molecular complexity index is 1220. The first-order valence-corrected chi connectivity index (χ1v) is 11.5. The van der Waals surface area contributed by atoms with E-state index < -0.39 is 0 Å². The highest BCUT2D eigenvalue weighted by Gasteiger charge is 2.12.